The summed E-state index contributed by atoms with van der Waals surface area (Å²) in [5.74, 6) is 0.527. The molecule has 3 aromatic rings. The van der Waals surface area contributed by atoms with Gasteiger partial charge in [0.1, 0.15) is 22.9 Å². The normalized spacial score (nSPS) is 10.7. The van der Waals surface area contributed by atoms with Gasteiger partial charge in [-0.25, -0.2) is 4.39 Å². The predicted molar refractivity (Wildman–Crippen MR) is 189 cm³/mol. The van der Waals surface area contributed by atoms with E-state index in [1.807, 2.05) is 69.3 Å². The molecule has 3 aromatic carbocycles. The van der Waals surface area contributed by atoms with Crippen molar-refractivity contribution < 1.29 is 42.5 Å². The SMILES string of the molecule is CC(C)(C)OC=O.CCOC(=O)CCCOc1cccc(CCCCCCOc2cc(F)cc(-c3ccccc3)c2)c1CCC(=O)OCC. The first-order chi connectivity index (χ1) is 23.6. The number of hydrogen-bond donors (Lipinski definition) is 0. The molecule has 0 N–H and O–H groups in total. The van der Waals surface area contributed by atoms with Crippen LogP contribution in [0.4, 0.5) is 4.39 Å². The van der Waals surface area contributed by atoms with Gasteiger partial charge in [0, 0.05) is 18.9 Å². The first-order valence-corrected chi connectivity index (χ1v) is 17.2. The molecular formula is C40H53FO8. The molecule has 0 atom stereocenters. The molecule has 268 valence electrons. The zero-order chi connectivity index (χ0) is 35.9. The summed E-state index contributed by atoms with van der Waals surface area (Å²) < 4.78 is 40.7. The van der Waals surface area contributed by atoms with Gasteiger partial charge in [0.05, 0.1) is 26.4 Å². The number of esters is 2. The summed E-state index contributed by atoms with van der Waals surface area (Å²) in [5, 5.41) is 0. The Balaban J connectivity index is 0.00000107. The second kappa shape index (κ2) is 23.0. The van der Waals surface area contributed by atoms with Crippen molar-refractivity contribution in [3.05, 3.63) is 83.7 Å². The van der Waals surface area contributed by atoms with Crippen molar-refractivity contribution in [1.29, 1.82) is 0 Å². The predicted octanol–water partition coefficient (Wildman–Crippen LogP) is 8.85. The van der Waals surface area contributed by atoms with Crippen molar-refractivity contribution in [3.63, 3.8) is 0 Å². The quantitative estimate of drug-likeness (QED) is 0.0506. The van der Waals surface area contributed by atoms with Gasteiger partial charge < -0.3 is 23.7 Å². The van der Waals surface area contributed by atoms with Gasteiger partial charge in [-0.2, -0.15) is 0 Å². The van der Waals surface area contributed by atoms with Gasteiger partial charge in [0.25, 0.3) is 6.47 Å². The summed E-state index contributed by atoms with van der Waals surface area (Å²) >= 11 is 0. The zero-order valence-corrected chi connectivity index (χ0v) is 29.8. The van der Waals surface area contributed by atoms with Crippen LogP contribution in [-0.2, 0) is 41.4 Å². The number of rotatable bonds is 20. The maximum absolute atomic E-state index is 14.2. The van der Waals surface area contributed by atoms with E-state index in [2.05, 4.69) is 10.8 Å². The highest BCUT2D eigenvalue weighted by atomic mass is 19.1. The first kappa shape index (κ1) is 40.8. The Morgan fingerprint density at radius 1 is 0.714 bits per heavy atom. The zero-order valence-electron chi connectivity index (χ0n) is 29.8. The van der Waals surface area contributed by atoms with Crippen LogP contribution < -0.4 is 9.47 Å². The van der Waals surface area contributed by atoms with Gasteiger partial charge in [0.15, 0.2) is 0 Å². The molecule has 0 amide bonds. The molecule has 8 nitrogen and oxygen atoms in total. The molecule has 0 aromatic heterocycles. The van der Waals surface area contributed by atoms with E-state index >= 15 is 0 Å². The Bertz CT molecular complexity index is 1400. The van der Waals surface area contributed by atoms with Gasteiger partial charge in [-0.3, -0.25) is 14.4 Å². The minimum Gasteiger partial charge on any atom is -0.493 e. The van der Waals surface area contributed by atoms with Crippen LogP contribution in [0.1, 0.15) is 90.7 Å². The van der Waals surface area contributed by atoms with Crippen molar-refractivity contribution >= 4 is 18.4 Å². The highest BCUT2D eigenvalue weighted by molar-refractivity contribution is 5.70. The topological polar surface area (TPSA) is 97.4 Å². The highest BCUT2D eigenvalue weighted by Gasteiger charge is 2.13. The molecule has 0 saturated carbocycles. The van der Waals surface area contributed by atoms with Crippen molar-refractivity contribution in [1.82, 2.24) is 0 Å². The summed E-state index contributed by atoms with van der Waals surface area (Å²) in [5.41, 5.74) is 3.61. The monoisotopic (exact) mass is 680 g/mol. The molecule has 0 aliphatic heterocycles. The number of carbonyl (C=O) groups excluding carboxylic acids is 3. The van der Waals surface area contributed by atoms with E-state index in [1.165, 1.54) is 12.1 Å². The van der Waals surface area contributed by atoms with Crippen LogP contribution in [-0.4, -0.2) is 50.4 Å². The van der Waals surface area contributed by atoms with Crippen LogP contribution in [0.5, 0.6) is 11.5 Å². The average Bonchev–Trinajstić information content (AvgIpc) is 3.06. The maximum atomic E-state index is 14.2. The fourth-order valence-electron chi connectivity index (χ4n) is 4.91. The largest absolute Gasteiger partial charge is 0.493 e. The Kier molecular flexibility index (Phi) is 19.2. The minimum absolute atomic E-state index is 0.226. The van der Waals surface area contributed by atoms with Crippen LogP contribution in [0.3, 0.4) is 0 Å². The van der Waals surface area contributed by atoms with Gasteiger partial charge >= 0.3 is 11.9 Å². The van der Waals surface area contributed by atoms with Crippen molar-refractivity contribution in [2.75, 3.05) is 26.4 Å². The molecule has 0 saturated heterocycles. The average molecular weight is 681 g/mol. The third-order valence-electron chi connectivity index (χ3n) is 7.19. The summed E-state index contributed by atoms with van der Waals surface area (Å²) in [4.78, 5) is 33.3. The number of ether oxygens (including phenoxy) is 5. The van der Waals surface area contributed by atoms with E-state index in [0.717, 1.165) is 60.1 Å². The van der Waals surface area contributed by atoms with E-state index in [4.69, 9.17) is 18.9 Å². The third kappa shape index (κ3) is 17.5. The van der Waals surface area contributed by atoms with Crippen LogP contribution >= 0.6 is 0 Å². The van der Waals surface area contributed by atoms with Gasteiger partial charge in [-0.1, -0.05) is 55.3 Å². The van der Waals surface area contributed by atoms with Gasteiger partial charge in [-0.15, -0.1) is 0 Å². The molecule has 0 fully saturated rings. The standard InChI is InChI=1S/C35H43FO6.C5H10O2/c1-3-39-34(37)19-13-23-42-33-18-12-17-28(32(33)20-21-35(38)40-4-2)16-8-5-6-11-22-41-31-25-29(24-30(36)26-31)27-14-9-7-10-15-27;1-5(2,3)7-4-6/h7,9-10,12,14-15,17-18,24-26H,3-6,8,11,13,16,19-23H2,1-2H3;4H,1-3H3. The fourth-order valence-corrected chi connectivity index (χ4v) is 4.91. The number of aryl methyl sites for hydroxylation is 1. The van der Waals surface area contributed by atoms with Gasteiger partial charge in [-0.05, 0) is 107 Å². The molecule has 0 radical (unpaired) electrons. The van der Waals surface area contributed by atoms with E-state index in [9.17, 15) is 18.8 Å². The number of unbranched alkanes of at least 4 members (excludes halogenated alkanes) is 3. The number of hydrogen-bond acceptors (Lipinski definition) is 8. The fraction of sp³-hybridized carbons (Fsp3) is 0.475. The number of halogens is 1. The summed E-state index contributed by atoms with van der Waals surface area (Å²) in [7, 11) is 0. The molecule has 3 rings (SSSR count). The van der Waals surface area contributed by atoms with Crippen LogP contribution in [0.2, 0.25) is 0 Å². The molecule has 9 heteroatoms. The summed E-state index contributed by atoms with van der Waals surface area (Å²) in [6.45, 7) is 11.2. The van der Waals surface area contributed by atoms with Crippen molar-refractivity contribution in [3.8, 4) is 22.6 Å². The Morgan fingerprint density at radius 2 is 1.39 bits per heavy atom. The Labute approximate surface area is 291 Å². The molecule has 0 aliphatic rings. The maximum Gasteiger partial charge on any atom is 0.306 e. The van der Waals surface area contributed by atoms with E-state index in [-0.39, 0.29) is 29.8 Å². The molecule has 0 spiro atoms. The molecular weight excluding hydrogens is 627 g/mol. The lowest BCUT2D eigenvalue weighted by Gasteiger charge is -2.16. The number of carbonyl (C=O) groups is 3. The minimum atomic E-state index is -0.318. The van der Waals surface area contributed by atoms with E-state index < -0.39 is 0 Å². The third-order valence-corrected chi connectivity index (χ3v) is 7.19. The van der Waals surface area contributed by atoms with Gasteiger partial charge in [0.2, 0.25) is 0 Å². The lowest BCUT2D eigenvalue weighted by Crippen LogP contribution is -2.17. The molecule has 0 aliphatic carbocycles. The lowest BCUT2D eigenvalue weighted by atomic mass is 9.96. The number of benzene rings is 3. The molecule has 0 unspecified atom stereocenters. The summed E-state index contributed by atoms with van der Waals surface area (Å²) in [6.07, 6.45) is 6.42. The second-order valence-electron chi connectivity index (χ2n) is 12.3. The highest BCUT2D eigenvalue weighted by Crippen LogP contribution is 2.28. The van der Waals surface area contributed by atoms with Crippen LogP contribution in [0.15, 0.2) is 66.7 Å². The molecule has 49 heavy (non-hydrogen) atoms. The van der Waals surface area contributed by atoms with Crippen molar-refractivity contribution in [2.24, 2.45) is 0 Å². The van der Waals surface area contributed by atoms with E-state index in [0.29, 0.717) is 57.9 Å². The van der Waals surface area contributed by atoms with E-state index in [1.54, 1.807) is 13.8 Å². The molecule has 0 heterocycles. The first-order valence-electron chi connectivity index (χ1n) is 17.2. The smallest absolute Gasteiger partial charge is 0.306 e. The summed E-state index contributed by atoms with van der Waals surface area (Å²) in [6, 6.07) is 20.5. The Hall–Kier alpha value is -4.40. The van der Waals surface area contributed by atoms with Crippen LogP contribution in [0, 0.1) is 5.82 Å². The Morgan fingerprint density at radius 3 is 2.04 bits per heavy atom. The van der Waals surface area contributed by atoms with Crippen LogP contribution in [0.25, 0.3) is 11.1 Å². The molecule has 0 bridgehead atoms. The second-order valence-corrected chi connectivity index (χ2v) is 12.3. The van der Waals surface area contributed by atoms with Crippen molar-refractivity contribution in [2.45, 2.75) is 98.0 Å². The lowest BCUT2D eigenvalue weighted by molar-refractivity contribution is -0.144.